The predicted octanol–water partition coefficient (Wildman–Crippen LogP) is 4.21. The molecule has 2 rings (SSSR count). The summed E-state index contributed by atoms with van der Waals surface area (Å²) in [6.45, 7) is 0.119. The molecule has 0 fully saturated rings. The van der Waals surface area contributed by atoms with Crippen molar-refractivity contribution >= 4 is 34.0 Å². The fourth-order valence-corrected chi connectivity index (χ4v) is 2.73. The summed E-state index contributed by atoms with van der Waals surface area (Å²) in [6, 6.07) is 4.93. The van der Waals surface area contributed by atoms with Gasteiger partial charge in [0.2, 0.25) is 0 Å². The van der Waals surface area contributed by atoms with E-state index in [9.17, 15) is 18.0 Å². The average molecular weight is 351 g/mol. The maximum absolute atomic E-state index is 12.6. The first kappa shape index (κ1) is 16.6. The Morgan fingerprint density at radius 3 is 2.82 bits per heavy atom. The van der Waals surface area contributed by atoms with E-state index in [1.165, 1.54) is 13.2 Å². The van der Waals surface area contributed by atoms with Gasteiger partial charge in [0.25, 0.3) is 0 Å². The Labute approximate surface area is 132 Å². The standard InChI is InChI=1S/C13H10ClF3N2O2S/c1-21-11(20)9-10(14)19-12(22-9)18-6-7-3-2-4-8(5-7)13(15,16)17/h2-5H,6H2,1H3,(H,18,19). The van der Waals surface area contributed by atoms with Crippen LogP contribution in [0.4, 0.5) is 18.3 Å². The third-order valence-corrected chi connectivity index (χ3v) is 4.03. The fourth-order valence-electron chi connectivity index (χ4n) is 1.63. The molecule has 1 heterocycles. The van der Waals surface area contributed by atoms with Gasteiger partial charge < -0.3 is 10.1 Å². The highest BCUT2D eigenvalue weighted by Gasteiger charge is 2.30. The smallest absolute Gasteiger partial charge is 0.416 e. The van der Waals surface area contributed by atoms with Crippen LogP contribution in [0.15, 0.2) is 24.3 Å². The van der Waals surface area contributed by atoms with Gasteiger partial charge in [0.15, 0.2) is 15.2 Å². The van der Waals surface area contributed by atoms with Crippen LogP contribution < -0.4 is 5.32 Å². The molecule has 4 nitrogen and oxygen atoms in total. The second-order valence-electron chi connectivity index (χ2n) is 4.18. The van der Waals surface area contributed by atoms with E-state index in [2.05, 4.69) is 15.0 Å². The van der Waals surface area contributed by atoms with E-state index in [4.69, 9.17) is 11.6 Å². The minimum Gasteiger partial charge on any atom is -0.465 e. The monoisotopic (exact) mass is 350 g/mol. The molecule has 0 atom stereocenters. The van der Waals surface area contributed by atoms with Crippen molar-refractivity contribution in [2.45, 2.75) is 12.7 Å². The van der Waals surface area contributed by atoms with Crippen LogP contribution in [0.5, 0.6) is 0 Å². The molecule has 1 aromatic heterocycles. The van der Waals surface area contributed by atoms with Crippen molar-refractivity contribution in [3.63, 3.8) is 0 Å². The molecular weight excluding hydrogens is 341 g/mol. The summed E-state index contributed by atoms with van der Waals surface area (Å²) in [4.78, 5) is 15.4. The molecule has 22 heavy (non-hydrogen) atoms. The summed E-state index contributed by atoms with van der Waals surface area (Å²) in [5.74, 6) is -0.616. The number of hydrogen-bond donors (Lipinski definition) is 1. The molecule has 1 N–H and O–H groups in total. The lowest BCUT2D eigenvalue weighted by molar-refractivity contribution is -0.137. The zero-order chi connectivity index (χ0) is 16.3. The normalized spacial score (nSPS) is 11.3. The number of nitrogens with zero attached hydrogens (tertiary/aromatic N) is 1. The summed E-state index contributed by atoms with van der Waals surface area (Å²) in [7, 11) is 1.22. The number of carbonyl (C=O) groups excluding carboxylic acids is 1. The number of halogens is 4. The first-order chi connectivity index (χ1) is 10.3. The average Bonchev–Trinajstić information content (AvgIpc) is 2.85. The van der Waals surface area contributed by atoms with Gasteiger partial charge in [0, 0.05) is 6.54 Å². The van der Waals surface area contributed by atoms with E-state index >= 15 is 0 Å². The third-order valence-electron chi connectivity index (χ3n) is 2.65. The van der Waals surface area contributed by atoms with Gasteiger partial charge in [0.1, 0.15) is 0 Å². The Bertz CT molecular complexity index is 688. The number of benzene rings is 1. The Kier molecular flexibility index (Phi) is 4.92. The van der Waals surface area contributed by atoms with Crippen LogP contribution >= 0.6 is 22.9 Å². The molecule has 0 aliphatic rings. The summed E-state index contributed by atoms with van der Waals surface area (Å²) in [6.07, 6.45) is -4.39. The molecule has 0 spiro atoms. The van der Waals surface area contributed by atoms with Gasteiger partial charge in [-0.2, -0.15) is 13.2 Å². The van der Waals surface area contributed by atoms with Crippen LogP contribution in [0.2, 0.25) is 5.15 Å². The summed E-state index contributed by atoms with van der Waals surface area (Å²) in [5, 5.41) is 3.14. The van der Waals surface area contributed by atoms with Gasteiger partial charge in [-0.25, -0.2) is 9.78 Å². The minimum absolute atomic E-state index is 0.0107. The number of anilines is 1. The van der Waals surface area contributed by atoms with Gasteiger partial charge in [-0.05, 0) is 17.7 Å². The Hall–Kier alpha value is -1.80. The number of rotatable bonds is 4. The van der Waals surface area contributed by atoms with E-state index in [-0.39, 0.29) is 16.6 Å². The molecule has 0 aliphatic carbocycles. The molecule has 0 bridgehead atoms. The third kappa shape index (κ3) is 3.89. The summed E-state index contributed by atoms with van der Waals surface area (Å²) >= 11 is 6.77. The number of methoxy groups -OCH3 is 1. The number of alkyl halides is 3. The van der Waals surface area contributed by atoms with E-state index < -0.39 is 17.7 Å². The van der Waals surface area contributed by atoms with Gasteiger partial charge in [-0.1, -0.05) is 35.1 Å². The quantitative estimate of drug-likeness (QED) is 0.839. The summed E-state index contributed by atoms with van der Waals surface area (Å²) < 4.78 is 42.4. The predicted molar refractivity (Wildman–Crippen MR) is 77.2 cm³/mol. The largest absolute Gasteiger partial charge is 0.465 e. The van der Waals surface area contributed by atoms with E-state index in [1.54, 1.807) is 6.07 Å². The molecule has 1 aromatic carbocycles. The van der Waals surface area contributed by atoms with Crippen molar-refractivity contribution in [1.29, 1.82) is 0 Å². The maximum Gasteiger partial charge on any atom is 0.416 e. The van der Waals surface area contributed by atoms with Crippen LogP contribution in [-0.4, -0.2) is 18.1 Å². The summed E-state index contributed by atoms with van der Waals surface area (Å²) in [5.41, 5.74) is -0.292. The van der Waals surface area contributed by atoms with Crippen molar-refractivity contribution in [3.05, 3.63) is 45.4 Å². The van der Waals surface area contributed by atoms with Crippen molar-refractivity contribution in [2.75, 3.05) is 12.4 Å². The van der Waals surface area contributed by atoms with Gasteiger partial charge in [-0.3, -0.25) is 0 Å². The molecule has 9 heteroatoms. The van der Waals surface area contributed by atoms with Crippen LogP contribution in [0, 0.1) is 0 Å². The molecule has 0 aliphatic heterocycles. The lowest BCUT2D eigenvalue weighted by atomic mass is 10.1. The Morgan fingerprint density at radius 2 is 2.18 bits per heavy atom. The van der Waals surface area contributed by atoms with E-state index in [0.29, 0.717) is 10.7 Å². The highest BCUT2D eigenvalue weighted by atomic mass is 35.5. The molecule has 0 unspecified atom stereocenters. The second-order valence-corrected chi connectivity index (χ2v) is 5.54. The van der Waals surface area contributed by atoms with Gasteiger partial charge in [-0.15, -0.1) is 0 Å². The van der Waals surface area contributed by atoms with E-state index in [0.717, 1.165) is 23.5 Å². The first-order valence-corrected chi connectivity index (χ1v) is 7.15. The number of thiazole rings is 1. The Balaban J connectivity index is 2.09. The van der Waals surface area contributed by atoms with Crippen LogP contribution in [0.3, 0.4) is 0 Å². The molecule has 0 amide bonds. The maximum atomic E-state index is 12.6. The zero-order valence-corrected chi connectivity index (χ0v) is 12.8. The molecule has 0 radical (unpaired) electrons. The van der Waals surface area contributed by atoms with Crippen molar-refractivity contribution < 1.29 is 22.7 Å². The topological polar surface area (TPSA) is 51.2 Å². The van der Waals surface area contributed by atoms with Gasteiger partial charge >= 0.3 is 12.1 Å². The number of ether oxygens (including phenoxy) is 1. The number of aromatic nitrogens is 1. The fraction of sp³-hybridized carbons (Fsp3) is 0.231. The van der Waals surface area contributed by atoms with Crippen molar-refractivity contribution in [3.8, 4) is 0 Å². The number of hydrogen-bond acceptors (Lipinski definition) is 5. The second kappa shape index (κ2) is 6.53. The minimum atomic E-state index is -4.39. The van der Waals surface area contributed by atoms with Gasteiger partial charge in [0.05, 0.1) is 12.7 Å². The molecule has 2 aromatic rings. The number of carbonyl (C=O) groups is 1. The molecular formula is C13H10ClF3N2O2S. The zero-order valence-electron chi connectivity index (χ0n) is 11.2. The lowest BCUT2D eigenvalue weighted by Gasteiger charge is -2.09. The van der Waals surface area contributed by atoms with Crippen molar-refractivity contribution in [2.24, 2.45) is 0 Å². The Morgan fingerprint density at radius 1 is 1.45 bits per heavy atom. The molecule has 0 saturated carbocycles. The highest BCUT2D eigenvalue weighted by molar-refractivity contribution is 7.18. The highest BCUT2D eigenvalue weighted by Crippen LogP contribution is 2.30. The first-order valence-electron chi connectivity index (χ1n) is 5.96. The molecule has 0 saturated heterocycles. The van der Waals surface area contributed by atoms with Crippen LogP contribution in [0.25, 0.3) is 0 Å². The van der Waals surface area contributed by atoms with Crippen LogP contribution in [-0.2, 0) is 17.5 Å². The van der Waals surface area contributed by atoms with Crippen LogP contribution in [0.1, 0.15) is 20.8 Å². The SMILES string of the molecule is COC(=O)c1sc(NCc2cccc(C(F)(F)F)c2)nc1Cl. The molecule has 118 valence electrons. The number of esters is 1. The van der Waals surface area contributed by atoms with Crippen molar-refractivity contribution in [1.82, 2.24) is 4.98 Å². The number of nitrogens with one attached hydrogen (secondary N) is 1. The van der Waals surface area contributed by atoms with E-state index in [1.807, 2.05) is 0 Å². The lowest BCUT2D eigenvalue weighted by Crippen LogP contribution is -2.06.